The minimum Gasteiger partial charge on any atom is -0.369 e. The highest BCUT2D eigenvalue weighted by atomic mass is 15.2. The van der Waals surface area contributed by atoms with Gasteiger partial charge in [0.15, 0.2) is 0 Å². The van der Waals surface area contributed by atoms with Crippen molar-refractivity contribution < 1.29 is 0 Å². The summed E-state index contributed by atoms with van der Waals surface area (Å²) in [5, 5.41) is 11.5. The third-order valence-corrected chi connectivity index (χ3v) is 2.63. The highest BCUT2D eigenvalue weighted by Crippen LogP contribution is 2.15. The number of nitrogens with one attached hydrogen (secondary N) is 2. The van der Waals surface area contributed by atoms with Crippen molar-refractivity contribution in [3.63, 3.8) is 0 Å². The van der Waals surface area contributed by atoms with Crippen molar-refractivity contribution in [1.29, 1.82) is 0 Å². The minimum absolute atomic E-state index is 0.161. The van der Waals surface area contributed by atoms with E-state index in [1.54, 1.807) is 0 Å². The lowest BCUT2D eigenvalue weighted by Crippen LogP contribution is -2.34. The number of anilines is 1. The molecule has 0 unspecified atom stereocenters. The summed E-state index contributed by atoms with van der Waals surface area (Å²) in [6, 6.07) is 5.85. The average molecular weight is 245 g/mol. The first-order chi connectivity index (χ1) is 8.54. The van der Waals surface area contributed by atoms with E-state index in [1.807, 2.05) is 44.4 Å². The molecule has 4 N–H and O–H groups in total. The Labute approximate surface area is 107 Å². The molecule has 96 valence electrons. The average Bonchev–Trinajstić information content (AvgIpc) is 2.82. The molecular formula is C13H19N5. The lowest BCUT2D eigenvalue weighted by molar-refractivity contribution is 0.490. The second-order valence-electron chi connectivity index (χ2n) is 5.07. The Morgan fingerprint density at radius 2 is 2.11 bits per heavy atom. The van der Waals surface area contributed by atoms with Gasteiger partial charge >= 0.3 is 0 Å². The molecule has 0 fully saturated rings. The van der Waals surface area contributed by atoms with Gasteiger partial charge < -0.3 is 16.0 Å². The van der Waals surface area contributed by atoms with E-state index in [0.717, 1.165) is 30.0 Å². The first-order valence-corrected chi connectivity index (χ1v) is 6.04. The van der Waals surface area contributed by atoms with E-state index in [9.17, 15) is 0 Å². The van der Waals surface area contributed by atoms with Crippen LogP contribution in [0.1, 0.15) is 20.3 Å². The third kappa shape index (κ3) is 3.56. The zero-order valence-electron chi connectivity index (χ0n) is 10.8. The molecule has 0 aliphatic carbocycles. The predicted molar refractivity (Wildman–Crippen MR) is 73.2 cm³/mol. The summed E-state index contributed by atoms with van der Waals surface area (Å²) >= 11 is 0. The molecule has 5 nitrogen and oxygen atoms in total. The summed E-state index contributed by atoms with van der Waals surface area (Å²) in [5.41, 5.74) is 7.65. The minimum atomic E-state index is -0.161. The van der Waals surface area contributed by atoms with Crippen LogP contribution < -0.4 is 11.1 Å². The molecule has 0 radical (unpaired) electrons. The molecule has 0 aliphatic heterocycles. The standard InChI is InChI=1S/C13H19N5/c1-13(2,14)6-8-16-12-4-3-11(17-18-12)10-5-7-15-9-10/h3-5,7,9,15H,6,8,14H2,1-2H3,(H,16,18). The number of nitrogens with two attached hydrogens (primary N) is 1. The fourth-order valence-electron chi connectivity index (χ4n) is 1.58. The van der Waals surface area contributed by atoms with Crippen molar-refractivity contribution in [3.05, 3.63) is 30.6 Å². The number of aromatic amines is 1. The van der Waals surface area contributed by atoms with Crippen LogP contribution in [0.25, 0.3) is 11.3 Å². The topological polar surface area (TPSA) is 79.6 Å². The Morgan fingerprint density at radius 3 is 2.67 bits per heavy atom. The summed E-state index contributed by atoms with van der Waals surface area (Å²) < 4.78 is 0. The zero-order chi connectivity index (χ0) is 13.0. The van der Waals surface area contributed by atoms with Crippen LogP contribution in [0.15, 0.2) is 30.6 Å². The van der Waals surface area contributed by atoms with E-state index in [-0.39, 0.29) is 5.54 Å². The summed E-state index contributed by atoms with van der Waals surface area (Å²) in [6.07, 6.45) is 4.65. The maximum atomic E-state index is 5.91. The van der Waals surface area contributed by atoms with E-state index in [4.69, 9.17) is 5.73 Å². The number of hydrogen-bond acceptors (Lipinski definition) is 4. The largest absolute Gasteiger partial charge is 0.369 e. The molecule has 2 aromatic rings. The first-order valence-electron chi connectivity index (χ1n) is 6.04. The van der Waals surface area contributed by atoms with E-state index in [1.165, 1.54) is 0 Å². The summed E-state index contributed by atoms with van der Waals surface area (Å²) in [6.45, 7) is 4.81. The molecule has 0 atom stereocenters. The van der Waals surface area contributed by atoms with Crippen molar-refractivity contribution in [1.82, 2.24) is 15.2 Å². The van der Waals surface area contributed by atoms with E-state index >= 15 is 0 Å². The Bertz CT molecular complexity index is 467. The van der Waals surface area contributed by atoms with Crippen LogP contribution in [0.5, 0.6) is 0 Å². The highest BCUT2D eigenvalue weighted by molar-refractivity contribution is 5.58. The van der Waals surface area contributed by atoms with Gasteiger partial charge in [0.1, 0.15) is 5.82 Å². The molecule has 0 amide bonds. The highest BCUT2D eigenvalue weighted by Gasteiger charge is 2.09. The molecule has 5 heteroatoms. The van der Waals surface area contributed by atoms with Gasteiger partial charge in [0, 0.05) is 30.0 Å². The Morgan fingerprint density at radius 1 is 1.28 bits per heavy atom. The van der Waals surface area contributed by atoms with Crippen molar-refractivity contribution in [2.45, 2.75) is 25.8 Å². The quantitative estimate of drug-likeness (QED) is 0.753. The first kappa shape index (κ1) is 12.6. The number of H-pyrrole nitrogens is 1. The third-order valence-electron chi connectivity index (χ3n) is 2.63. The number of rotatable bonds is 5. The van der Waals surface area contributed by atoms with Crippen LogP contribution in [0, 0.1) is 0 Å². The number of hydrogen-bond donors (Lipinski definition) is 3. The number of nitrogens with zero attached hydrogens (tertiary/aromatic N) is 2. The van der Waals surface area contributed by atoms with Crippen LogP contribution in [-0.4, -0.2) is 27.3 Å². The molecule has 2 heterocycles. The van der Waals surface area contributed by atoms with E-state index < -0.39 is 0 Å². The Hall–Kier alpha value is -1.88. The smallest absolute Gasteiger partial charge is 0.148 e. The maximum Gasteiger partial charge on any atom is 0.148 e. The fraction of sp³-hybridized carbons (Fsp3) is 0.385. The van der Waals surface area contributed by atoms with Crippen molar-refractivity contribution in [3.8, 4) is 11.3 Å². The van der Waals surface area contributed by atoms with Gasteiger partial charge in [-0.2, -0.15) is 0 Å². The molecular weight excluding hydrogens is 226 g/mol. The van der Waals surface area contributed by atoms with Crippen LogP contribution in [0.4, 0.5) is 5.82 Å². The maximum absolute atomic E-state index is 5.91. The molecule has 2 rings (SSSR count). The second kappa shape index (κ2) is 5.18. The van der Waals surface area contributed by atoms with Gasteiger partial charge in [0.05, 0.1) is 5.69 Å². The molecule has 0 spiro atoms. The summed E-state index contributed by atoms with van der Waals surface area (Å²) in [5.74, 6) is 0.776. The molecule has 18 heavy (non-hydrogen) atoms. The van der Waals surface area contributed by atoms with Crippen LogP contribution >= 0.6 is 0 Å². The fourth-order valence-corrected chi connectivity index (χ4v) is 1.58. The van der Waals surface area contributed by atoms with Crippen LogP contribution in [0.3, 0.4) is 0 Å². The molecule has 0 saturated carbocycles. The normalized spacial score (nSPS) is 11.5. The molecule has 0 aromatic carbocycles. The van der Waals surface area contributed by atoms with Gasteiger partial charge in [0.2, 0.25) is 0 Å². The Kier molecular flexibility index (Phi) is 3.62. The van der Waals surface area contributed by atoms with Gasteiger partial charge in [-0.05, 0) is 38.5 Å². The van der Waals surface area contributed by atoms with Crippen molar-refractivity contribution >= 4 is 5.82 Å². The van der Waals surface area contributed by atoms with Crippen LogP contribution in [0.2, 0.25) is 0 Å². The van der Waals surface area contributed by atoms with Gasteiger partial charge in [-0.25, -0.2) is 0 Å². The van der Waals surface area contributed by atoms with E-state index in [0.29, 0.717) is 0 Å². The summed E-state index contributed by atoms with van der Waals surface area (Å²) in [4.78, 5) is 3.00. The molecule has 2 aromatic heterocycles. The molecule has 0 aliphatic rings. The van der Waals surface area contributed by atoms with Gasteiger partial charge in [0.25, 0.3) is 0 Å². The van der Waals surface area contributed by atoms with Gasteiger partial charge in [-0.3, -0.25) is 0 Å². The van der Waals surface area contributed by atoms with Crippen molar-refractivity contribution in [2.24, 2.45) is 5.73 Å². The monoisotopic (exact) mass is 245 g/mol. The van der Waals surface area contributed by atoms with Crippen molar-refractivity contribution in [2.75, 3.05) is 11.9 Å². The number of aromatic nitrogens is 3. The van der Waals surface area contributed by atoms with Crippen LogP contribution in [-0.2, 0) is 0 Å². The lowest BCUT2D eigenvalue weighted by atomic mass is 10.0. The predicted octanol–water partition coefficient (Wildman–Crippen LogP) is 2.01. The second-order valence-corrected chi connectivity index (χ2v) is 5.07. The van der Waals surface area contributed by atoms with Gasteiger partial charge in [-0.15, -0.1) is 10.2 Å². The lowest BCUT2D eigenvalue weighted by Gasteiger charge is -2.18. The van der Waals surface area contributed by atoms with Gasteiger partial charge in [-0.1, -0.05) is 0 Å². The van der Waals surface area contributed by atoms with E-state index in [2.05, 4.69) is 20.5 Å². The molecule has 0 bridgehead atoms. The summed E-state index contributed by atoms with van der Waals surface area (Å²) in [7, 11) is 0. The Balaban J connectivity index is 1.92. The molecule has 0 saturated heterocycles. The zero-order valence-corrected chi connectivity index (χ0v) is 10.8. The SMILES string of the molecule is CC(C)(N)CCNc1ccc(-c2cc[nH]c2)nn1.